The number of aromatic nitrogens is 2. The van der Waals surface area contributed by atoms with Crippen LogP contribution < -0.4 is 5.32 Å². The van der Waals surface area contributed by atoms with E-state index in [0.29, 0.717) is 38.5 Å². The second-order valence-electron chi connectivity index (χ2n) is 5.70. The van der Waals surface area contributed by atoms with Crippen molar-refractivity contribution in [3.8, 4) is 0 Å². The Balaban J connectivity index is 1.97. The van der Waals surface area contributed by atoms with Crippen LogP contribution in [0.25, 0.3) is 0 Å². The van der Waals surface area contributed by atoms with Crippen LogP contribution in [-0.2, 0) is 32.0 Å². The summed E-state index contributed by atoms with van der Waals surface area (Å²) >= 11 is 0. The molecule has 0 fully saturated rings. The smallest absolute Gasteiger partial charge is 0.249 e. The van der Waals surface area contributed by atoms with Gasteiger partial charge in [0.15, 0.2) is 0 Å². The van der Waals surface area contributed by atoms with Crippen LogP contribution in [0, 0.1) is 0 Å². The number of fused-ring (bicyclic) bond motifs is 1. The molecule has 0 saturated carbocycles. The number of ether oxygens (including phenoxy) is 2. The normalized spacial score (nSPS) is 16.8. The van der Waals surface area contributed by atoms with E-state index in [9.17, 15) is 9.59 Å². The lowest BCUT2D eigenvalue weighted by molar-refractivity contribution is -0.139. The number of rotatable bonds is 8. The lowest BCUT2D eigenvalue weighted by Crippen LogP contribution is -2.42. The van der Waals surface area contributed by atoms with Gasteiger partial charge >= 0.3 is 0 Å². The van der Waals surface area contributed by atoms with Crippen LogP contribution >= 0.6 is 0 Å². The van der Waals surface area contributed by atoms with Gasteiger partial charge in [-0.05, 0) is 13.8 Å². The molecule has 8 nitrogen and oxygen atoms in total. The number of methoxy groups -OCH3 is 1. The van der Waals surface area contributed by atoms with Gasteiger partial charge in [0.1, 0.15) is 12.4 Å². The summed E-state index contributed by atoms with van der Waals surface area (Å²) in [6.45, 7) is 6.69. The minimum Gasteiger partial charge on any atom is -0.383 e. The number of imidazole rings is 1. The van der Waals surface area contributed by atoms with Gasteiger partial charge < -0.3 is 24.3 Å². The third-order valence-electron chi connectivity index (χ3n) is 4.00. The van der Waals surface area contributed by atoms with Gasteiger partial charge in [-0.25, -0.2) is 4.98 Å². The number of amides is 2. The molecule has 0 aromatic carbocycles. The largest absolute Gasteiger partial charge is 0.383 e. The fourth-order valence-electron chi connectivity index (χ4n) is 2.76. The molecule has 2 amide bonds. The molecule has 1 aromatic heterocycles. The molecule has 134 valence electrons. The Morgan fingerprint density at radius 2 is 2.21 bits per heavy atom. The molecule has 8 heteroatoms. The molecule has 0 aliphatic carbocycles. The number of nitrogens with one attached hydrogen (secondary N) is 1. The van der Waals surface area contributed by atoms with E-state index in [2.05, 4.69) is 10.3 Å². The summed E-state index contributed by atoms with van der Waals surface area (Å²) in [5.41, 5.74) is 0.714. The van der Waals surface area contributed by atoms with E-state index in [4.69, 9.17) is 9.47 Å². The molecule has 1 aromatic rings. The van der Waals surface area contributed by atoms with Crippen molar-refractivity contribution >= 4 is 11.8 Å². The van der Waals surface area contributed by atoms with E-state index in [1.165, 1.54) is 0 Å². The second kappa shape index (κ2) is 8.79. The van der Waals surface area contributed by atoms with Crippen molar-refractivity contribution in [3.05, 3.63) is 17.7 Å². The Hall–Kier alpha value is -1.93. The topological polar surface area (TPSA) is 85.7 Å². The monoisotopic (exact) mass is 338 g/mol. The molecular formula is C16H26N4O4. The number of nitrogens with zero attached hydrogens (tertiary/aromatic N) is 3. The Bertz CT molecular complexity index is 572. The number of carbonyl (C=O) groups excluding carboxylic acids is 2. The highest BCUT2D eigenvalue weighted by Crippen LogP contribution is 2.24. The molecule has 0 radical (unpaired) electrons. The van der Waals surface area contributed by atoms with Crippen molar-refractivity contribution in [2.45, 2.75) is 32.9 Å². The van der Waals surface area contributed by atoms with Crippen molar-refractivity contribution < 1.29 is 19.1 Å². The summed E-state index contributed by atoms with van der Waals surface area (Å²) in [6.07, 6.45) is 2.12. The van der Waals surface area contributed by atoms with E-state index in [1.54, 1.807) is 12.0 Å². The van der Waals surface area contributed by atoms with Crippen molar-refractivity contribution in [3.63, 3.8) is 0 Å². The second-order valence-corrected chi connectivity index (χ2v) is 5.70. The first-order chi connectivity index (χ1) is 11.6. The van der Waals surface area contributed by atoms with Gasteiger partial charge in [0.05, 0.1) is 24.8 Å². The predicted octanol–water partition coefficient (Wildman–Crippen LogP) is 0.128. The first-order valence-corrected chi connectivity index (χ1v) is 8.25. The maximum atomic E-state index is 12.2. The van der Waals surface area contributed by atoms with Crippen molar-refractivity contribution in [2.75, 3.05) is 40.0 Å². The zero-order valence-corrected chi connectivity index (χ0v) is 14.6. The van der Waals surface area contributed by atoms with Crippen molar-refractivity contribution in [1.82, 2.24) is 19.8 Å². The average Bonchev–Trinajstić information content (AvgIpc) is 2.96. The number of hydrogen-bond acceptors (Lipinski definition) is 5. The van der Waals surface area contributed by atoms with Crippen LogP contribution in [0.1, 0.15) is 31.4 Å². The Labute approximate surface area is 142 Å². The number of carbonyl (C=O) groups is 2. The third-order valence-corrected chi connectivity index (χ3v) is 4.00. The summed E-state index contributed by atoms with van der Waals surface area (Å²) in [5.74, 6) is 0.697. The zero-order valence-electron chi connectivity index (χ0n) is 14.6. The molecular weight excluding hydrogens is 312 g/mol. The van der Waals surface area contributed by atoms with Gasteiger partial charge in [-0.15, -0.1) is 0 Å². The standard InChI is InChI=1S/C16H26N4O4/c1-4-24-11-15(22)20-7-6-19-10-13(18-16(19)12(20)2)9-14(21)17-5-8-23-3/h10,12H,4-9,11H2,1-3H3,(H,17,21). The molecule has 0 spiro atoms. The molecule has 0 saturated heterocycles. The van der Waals surface area contributed by atoms with E-state index in [0.717, 1.165) is 5.82 Å². The van der Waals surface area contributed by atoms with Crippen LogP contribution in [-0.4, -0.2) is 66.3 Å². The SMILES string of the molecule is CCOCC(=O)N1CCn2cc(CC(=O)NCCOC)nc2C1C. The highest BCUT2D eigenvalue weighted by Gasteiger charge is 2.29. The van der Waals surface area contributed by atoms with Crippen molar-refractivity contribution in [1.29, 1.82) is 0 Å². The Kier molecular flexibility index (Phi) is 6.74. The lowest BCUT2D eigenvalue weighted by atomic mass is 10.2. The molecule has 2 rings (SSSR count). The van der Waals surface area contributed by atoms with E-state index >= 15 is 0 Å². The van der Waals surface area contributed by atoms with Crippen LogP contribution in [0.3, 0.4) is 0 Å². The number of hydrogen-bond donors (Lipinski definition) is 1. The first-order valence-electron chi connectivity index (χ1n) is 8.25. The molecule has 1 N–H and O–H groups in total. The Morgan fingerprint density at radius 1 is 1.42 bits per heavy atom. The molecule has 24 heavy (non-hydrogen) atoms. The predicted molar refractivity (Wildman–Crippen MR) is 87.4 cm³/mol. The molecule has 2 heterocycles. The summed E-state index contributed by atoms with van der Waals surface area (Å²) in [7, 11) is 1.59. The lowest BCUT2D eigenvalue weighted by Gasteiger charge is -2.33. The summed E-state index contributed by atoms with van der Waals surface area (Å²) in [6, 6.07) is -0.128. The summed E-state index contributed by atoms with van der Waals surface area (Å²) in [5, 5.41) is 2.78. The van der Waals surface area contributed by atoms with Crippen LogP contribution in [0.15, 0.2) is 6.20 Å². The highest BCUT2D eigenvalue weighted by molar-refractivity contribution is 5.78. The zero-order chi connectivity index (χ0) is 17.5. The van der Waals surface area contributed by atoms with Crippen molar-refractivity contribution in [2.24, 2.45) is 0 Å². The van der Waals surface area contributed by atoms with Crippen LogP contribution in [0.4, 0.5) is 0 Å². The third kappa shape index (κ3) is 4.55. The van der Waals surface area contributed by atoms with Crippen LogP contribution in [0.5, 0.6) is 0 Å². The fraction of sp³-hybridized carbons (Fsp3) is 0.688. The minimum atomic E-state index is -0.128. The maximum Gasteiger partial charge on any atom is 0.249 e. The first kappa shape index (κ1) is 18.4. The molecule has 1 unspecified atom stereocenters. The van der Waals surface area contributed by atoms with Gasteiger partial charge in [-0.1, -0.05) is 0 Å². The van der Waals surface area contributed by atoms with E-state index in [-0.39, 0.29) is 30.9 Å². The minimum absolute atomic E-state index is 0.0301. The quantitative estimate of drug-likeness (QED) is 0.681. The van der Waals surface area contributed by atoms with Gasteiger partial charge in [0.25, 0.3) is 0 Å². The molecule has 0 bridgehead atoms. The van der Waals surface area contributed by atoms with Gasteiger partial charge in [-0.3, -0.25) is 9.59 Å². The molecule has 1 aliphatic heterocycles. The summed E-state index contributed by atoms with van der Waals surface area (Å²) < 4.78 is 12.1. The van der Waals surface area contributed by atoms with Gasteiger partial charge in [0.2, 0.25) is 11.8 Å². The van der Waals surface area contributed by atoms with Gasteiger partial charge in [-0.2, -0.15) is 0 Å². The molecule has 1 aliphatic rings. The fourth-order valence-corrected chi connectivity index (χ4v) is 2.76. The highest BCUT2D eigenvalue weighted by atomic mass is 16.5. The average molecular weight is 338 g/mol. The Morgan fingerprint density at radius 3 is 2.92 bits per heavy atom. The maximum absolute atomic E-state index is 12.2. The molecule has 1 atom stereocenters. The van der Waals surface area contributed by atoms with E-state index < -0.39 is 0 Å². The van der Waals surface area contributed by atoms with Gasteiger partial charge in [0, 0.05) is 39.5 Å². The summed E-state index contributed by atoms with van der Waals surface area (Å²) in [4.78, 5) is 30.4. The van der Waals surface area contributed by atoms with E-state index in [1.807, 2.05) is 24.6 Å². The van der Waals surface area contributed by atoms with Crippen LogP contribution in [0.2, 0.25) is 0 Å².